The van der Waals surface area contributed by atoms with Gasteiger partial charge in [0.15, 0.2) is 0 Å². The minimum atomic E-state index is -0.727. The number of aryl methyl sites for hydroxylation is 1. The number of aromatic nitrogens is 2. The zero-order valence-electron chi connectivity index (χ0n) is 14.2. The van der Waals surface area contributed by atoms with Gasteiger partial charge >= 0.3 is 5.97 Å². The highest BCUT2D eigenvalue weighted by atomic mass is 16.4. The lowest BCUT2D eigenvalue weighted by Crippen LogP contribution is -2.39. The van der Waals surface area contributed by atoms with Crippen LogP contribution in [-0.2, 0) is 4.79 Å². The number of carboxylic acids is 1. The highest BCUT2D eigenvalue weighted by Crippen LogP contribution is 2.25. The molecule has 23 heavy (non-hydrogen) atoms. The van der Waals surface area contributed by atoms with Crippen molar-refractivity contribution in [1.82, 2.24) is 15.1 Å². The first-order valence-electron chi connectivity index (χ1n) is 8.56. The molecule has 0 aliphatic heterocycles. The molecule has 1 aliphatic carbocycles. The van der Waals surface area contributed by atoms with Gasteiger partial charge in [0, 0.05) is 11.7 Å². The topological polar surface area (TPSA) is 84.2 Å². The number of hydrogen-bond acceptors (Lipinski definition) is 3. The number of aliphatic carboxylic acids is 1. The molecule has 0 radical (unpaired) electrons. The summed E-state index contributed by atoms with van der Waals surface area (Å²) in [5, 5.41) is 16.5. The third-order valence-corrected chi connectivity index (χ3v) is 4.86. The summed E-state index contributed by atoms with van der Waals surface area (Å²) in [6.07, 6.45) is 4.66. The number of carboxylic acid groups (broad SMARTS) is 1. The molecular weight excluding hydrogens is 294 g/mol. The molecule has 1 fully saturated rings. The predicted octanol–water partition coefficient (Wildman–Crippen LogP) is 2.93. The van der Waals surface area contributed by atoms with Gasteiger partial charge < -0.3 is 10.4 Å². The Morgan fingerprint density at radius 1 is 1.30 bits per heavy atom. The minimum Gasteiger partial charge on any atom is -0.481 e. The summed E-state index contributed by atoms with van der Waals surface area (Å²) in [6.45, 7) is 6.21. The predicted molar refractivity (Wildman–Crippen MR) is 87.4 cm³/mol. The quantitative estimate of drug-likeness (QED) is 0.843. The van der Waals surface area contributed by atoms with Crippen LogP contribution in [0.2, 0.25) is 0 Å². The molecule has 0 bridgehead atoms. The Labute approximate surface area is 137 Å². The van der Waals surface area contributed by atoms with Crippen molar-refractivity contribution in [1.29, 1.82) is 0 Å². The van der Waals surface area contributed by atoms with Gasteiger partial charge in [0.1, 0.15) is 5.69 Å². The molecular formula is C17H27N3O3. The van der Waals surface area contributed by atoms with Gasteiger partial charge in [-0.15, -0.1) is 0 Å². The van der Waals surface area contributed by atoms with Crippen LogP contribution < -0.4 is 5.32 Å². The maximum atomic E-state index is 12.4. The second kappa shape index (κ2) is 7.62. The second-order valence-corrected chi connectivity index (χ2v) is 6.45. The summed E-state index contributed by atoms with van der Waals surface area (Å²) >= 11 is 0. The molecule has 1 heterocycles. The van der Waals surface area contributed by atoms with Crippen molar-refractivity contribution in [3.63, 3.8) is 0 Å². The first-order chi connectivity index (χ1) is 11.0. The summed E-state index contributed by atoms with van der Waals surface area (Å²) in [4.78, 5) is 23.4. The molecule has 6 heteroatoms. The van der Waals surface area contributed by atoms with E-state index in [1.165, 1.54) is 0 Å². The summed E-state index contributed by atoms with van der Waals surface area (Å²) in [5.41, 5.74) is 1.45. The molecule has 1 amide bonds. The van der Waals surface area contributed by atoms with Crippen molar-refractivity contribution < 1.29 is 14.7 Å². The number of rotatable bonds is 6. The molecule has 1 saturated carbocycles. The normalized spacial score (nSPS) is 21.4. The maximum absolute atomic E-state index is 12.4. The van der Waals surface area contributed by atoms with E-state index in [2.05, 4.69) is 24.3 Å². The fraction of sp³-hybridized carbons (Fsp3) is 0.706. The summed E-state index contributed by atoms with van der Waals surface area (Å²) < 4.78 is 1.94. The second-order valence-electron chi connectivity index (χ2n) is 6.45. The van der Waals surface area contributed by atoms with Crippen LogP contribution in [0.3, 0.4) is 0 Å². The van der Waals surface area contributed by atoms with Crippen LogP contribution in [0.15, 0.2) is 6.07 Å². The van der Waals surface area contributed by atoms with Gasteiger partial charge in [-0.05, 0) is 51.5 Å². The van der Waals surface area contributed by atoms with Crippen LogP contribution in [-0.4, -0.2) is 32.8 Å². The molecule has 0 saturated heterocycles. The number of carbonyl (C=O) groups excluding carboxylic acids is 1. The lowest BCUT2D eigenvalue weighted by Gasteiger charge is -2.26. The van der Waals surface area contributed by atoms with Gasteiger partial charge in [0.2, 0.25) is 0 Å². The summed E-state index contributed by atoms with van der Waals surface area (Å²) in [5.74, 6) is -1.15. The van der Waals surface area contributed by atoms with Crippen LogP contribution in [0.4, 0.5) is 0 Å². The number of hydrogen-bond donors (Lipinski definition) is 2. The summed E-state index contributed by atoms with van der Waals surface area (Å²) in [6, 6.07) is 2.20. The van der Waals surface area contributed by atoms with E-state index in [1.807, 2.05) is 17.7 Å². The monoisotopic (exact) mass is 321 g/mol. The van der Waals surface area contributed by atoms with Gasteiger partial charge in [0.05, 0.1) is 12.0 Å². The zero-order chi connectivity index (χ0) is 17.0. The number of nitrogens with zero attached hydrogens (tertiary/aromatic N) is 2. The van der Waals surface area contributed by atoms with Gasteiger partial charge in [-0.3, -0.25) is 14.3 Å². The number of amides is 1. The molecule has 2 N–H and O–H groups in total. The first kappa shape index (κ1) is 17.5. The molecule has 0 aromatic carbocycles. The highest BCUT2D eigenvalue weighted by Gasteiger charge is 2.27. The maximum Gasteiger partial charge on any atom is 0.306 e. The van der Waals surface area contributed by atoms with Crippen LogP contribution in [0.1, 0.15) is 74.6 Å². The van der Waals surface area contributed by atoms with Crippen molar-refractivity contribution in [2.24, 2.45) is 5.92 Å². The van der Waals surface area contributed by atoms with Crippen LogP contribution in [0.25, 0.3) is 0 Å². The average Bonchev–Trinajstić information content (AvgIpc) is 2.91. The largest absolute Gasteiger partial charge is 0.481 e. The molecule has 1 aromatic heterocycles. The fourth-order valence-electron chi connectivity index (χ4n) is 3.35. The standard InChI is InChI=1S/C17H27N3O3/c1-4-14(5-2)20-11(3)10-15(19-20)16(21)18-13-8-6-12(7-9-13)17(22)23/h10,12-14H,4-9H2,1-3H3,(H,18,21)(H,22,23). The zero-order valence-corrected chi connectivity index (χ0v) is 14.2. The van der Waals surface area contributed by atoms with Crippen LogP contribution >= 0.6 is 0 Å². The van der Waals surface area contributed by atoms with Gasteiger partial charge in [-0.1, -0.05) is 13.8 Å². The molecule has 0 spiro atoms. The Balaban J connectivity index is 1.97. The van der Waals surface area contributed by atoms with E-state index < -0.39 is 5.97 Å². The smallest absolute Gasteiger partial charge is 0.306 e. The van der Waals surface area contributed by atoms with Crippen molar-refractivity contribution in [2.75, 3.05) is 0 Å². The molecule has 6 nitrogen and oxygen atoms in total. The molecule has 0 unspecified atom stereocenters. The van der Waals surface area contributed by atoms with Gasteiger partial charge in [-0.25, -0.2) is 0 Å². The Bertz CT molecular complexity index is 555. The Kier molecular flexibility index (Phi) is 5.80. The number of carbonyl (C=O) groups is 2. The van der Waals surface area contributed by atoms with E-state index in [4.69, 9.17) is 5.11 Å². The Morgan fingerprint density at radius 3 is 2.43 bits per heavy atom. The first-order valence-corrected chi connectivity index (χ1v) is 8.56. The van der Waals surface area contributed by atoms with E-state index in [1.54, 1.807) is 0 Å². The third kappa shape index (κ3) is 4.12. The molecule has 2 rings (SSSR count). The van der Waals surface area contributed by atoms with Crippen molar-refractivity contribution in [3.8, 4) is 0 Å². The van der Waals surface area contributed by atoms with E-state index in [-0.39, 0.29) is 17.9 Å². The Hall–Kier alpha value is -1.85. The van der Waals surface area contributed by atoms with Crippen molar-refractivity contribution in [2.45, 2.75) is 71.4 Å². The minimum absolute atomic E-state index is 0.0525. The average molecular weight is 321 g/mol. The summed E-state index contributed by atoms with van der Waals surface area (Å²) in [7, 11) is 0. The lowest BCUT2D eigenvalue weighted by atomic mass is 9.86. The molecule has 0 atom stereocenters. The Morgan fingerprint density at radius 2 is 1.91 bits per heavy atom. The van der Waals surface area contributed by atoms with Crippen molar-refractivity contribution >= 4 is 11.9 Å². The third-order valence-electron chi connectivity index (χ3n) is 4.86. The van der Waals surface area contributed by atoms with Crippen molar-refractivity contribution in [3.05, 3.63) is 17.5 Å². The molecule has 128 valence electrons. The van der Waals surface area contributed by atoms with E-state index >= 15 is 0 Å². The highest BCUT2D eigenvalue weighted by molar-refractivity contribution is 5.92. The molecule has 1 aromatic rings. The van der Waals surface area contributed by atoms with Crippen LogP contribution in [0, 0.1) is 12.8 Å². The number of nitrogens with one attached hydrogen (secondary N) is 1. The van der Waals surface area contributed by atoms with E-state index in [0.29, 0.717) is 24.6 Å². The van der Waals surface area contributed by atoms with Gasteiger partial charge in [-0.2, -0.15) is 5.10 Å². The molecule has 1 aliphatic rings. The van der Waals surface area contributed by atoms with E-state index in [9.17, 15) is 9.59 Å². The lowest BCUT2D eigenvalue weighted by molar-refractivity contribution is -0.142. The SMILES string of the molecule is CCC(CC)n1nc(C(=O)NC2CCC(C(=O)O)CC2)cc1C. The van der Waals surface area contributed by atoms with Gasteiger partial charge in [0.25, 0.3) is 5.91 Å². The van der Waals surface area contributed by atoms with E-state index in [0.717, 1.165) is 31.4 Å². The fourth-order valence-corrected chi connectivity index (χ4v) is 3.35. The van der Waals surface area contributed by atoms with Crippen LogP contribution in [0.5, 0.6) is 0 Å².